The van der Waals surface area contributed by atoms with Gasteiger partial charge in [-0.05, 0) is 51.3 Å². The summed E-state index contributed by atoms with van der Waals surface area (Å²) in [4.78, 5) is 16.0. The number of hydrogen-bond acceptors (Lipinski definition) is 4. The molecule has 1 heterocycles. The summed E-state index contributed by atoms with van der Waals surface area (Å²) in [6.45, 7) is 5.60. The summed E-state index contributed by atoms with van der Waals surface area (Å²) in [7, 11) is 0. The number of nitrogens with zero attached hydrogens (tertiary/aromatic N) is 2. The first kappa shape index (κ1) is 23.1. The van der Waals surface area contributed by atoms with Crippen LogP contribution >= 0.6 is 0 Å². The molecule has 0 spiro atoms. The van der Waals surface area contributed by atoms with E-state index < -0.39 is 0 Å². The molecule has 1 aromatic heterocycles. The Bertz CT molecular complexity index is 1060. The van der Waals surface area contributed by atoms with E-state index in [1.165, 1.54) is 0 Å². The van der Waals surface area contributed by atoms with Gasteiger partial charge in [-0.25, -0.2) is 4.98 Å². The summed E-state index contributed by atoms with van der Waals surface area (Å²) in [6.07, 6.45) is 10.5. The molecule has 5 nitrogen and oxygen atoms in total. The Morgan fingerprint density at radius 2 is 1.88 bits per heavy atom. The van der Waals surface area contributed by atoms with Crippen LogP contribution in [0.1, 0.15) is 49.4 Å². The van der Waals surface area contributed by atoms with Crippen LogP contribution in [-0.2, 0) is 16.1 Å². The minimum atomic E-state index is -0.126. The second kappa shape index (κ2) is 11.8. The number of imidazole rings is 1. The molecule has 0 bridgehead atoms. The van der Waals surface area contributed by atoms with Gasteiger partial charge in [0.05, 0.1) is 19.8 Å². The van der Waals surface area contributed by atoms with Gasteiger partial charge in [0, 0.05) is 35.0 Å². The van der Waals surface area contributed by atoms with Crippen LogP contribution in [0, 0.1) is 19.3 Å². The van der Waals surface area contributed by atoms with Crippen LogP contribution in [0.3, 0.4) is 0 Å². The number of para-hydroxylation sites is 1. The van der Waals surface area contributed by atoms with Crippen molar-refractivity contribution in [3.63, 3.8) is 0 Å². The van der Waals surface area contributed by atoms with Crippen LogP contribution in [0.2, 0.25) is 0 Å². The highest BCUT2D eigenvalue weighted by atomic mass is 16.5. The van der Waals surface area contributed by atoms with Crippen molar-refractivity contribution in [2.24, 2.45) is 0 Å². The molecule has 0 atom stereocenters. The molecule has 3 rings (SSSR count). The summed E-state index contributed by atoms with van der Waals surface area (Å²) in [5.74, 6) is 4.30. The highest BCUT2D eigenvalue weighted by Crippen LogP contribution is 2.25. The van der Waals surface area contributed by atoms with Crippen LogP contribution in [-0.4, -0.2) is 28.7 Å². The lowest BCUT2D eigenvalue weighted by atomic mass is 10.1. The van der Waals surface area contributed by atoms with Crippen molar-refractivity contribution >= 4 is 5.97 Å². The molecule has 0 amide bonds. The van der Waals surface area contributed by atoms with Gasteiger partial charge in [-0.15, -0.1) is 6.42 Å². The molecule has 0 aliphatic heterocycles. The minimum absolute atomic E-state index is 0.126. The predicted molar refractivity (Wildman–Crippen MR) is 126 cm³/mol. The molecular formula is C27H30N2O3. The van der Waals surface area contributed by atoms with Gasteiger partial charge in [0.2, 0.25) is 0 Å². The number of terminal acetylenes is 1. The molecule has 0 unspecified atom stereocenters. The number of aromatic nitrogens is 2. The van der Waals surface area contributed by atoms with Gasteiger partial charge in [0.1, 0.15) is 11.6 Å². The number of esters is 1. The standard InChI is InChI=1S/C27H30N2O3/c1-4-22-14-16-23(17-15-22)27-28-19-21(3)29(27)20-24-11-8-9-12-25(24)32-18-10-6-7-13-26(30)31-5-2/h1,8-9,11-12,14-17,19H,5-7,10,13,18,20H2,2-3H3. The van der Waals surface area contributed by atoms with Gasteiger partial charge >= 0.3 is 5.97 Å². The molecule has 2 aromatic carbocycles. The SMILES string of the molecule is C#Cc1ccc(-c2ncc(C)n2Cc2ccccc2OCCCCCC(=O)OCC)cc1. The first-order chi connectivity index (χ1) is 15.6. The van der Waals surface area contributed by atoms with E-state index in [-0.39, 0.29) is 5.97 Å². The Kier molecular flexibility index (Phi) is 8.51. The molecule has 32 heavy (non-hydrogen) atoms. The van der Waals surface area contributed by atoms with Crippen LogP contribution < -0.4 is 4.74 Å². The first-order valence-corrected chi connectivity index (χ1v) is 11.1. The zero-order valence-electron chi connectivity index (χ0n) is 18.8. The number of carbonyl (C=O) groups excluding carboxylic acids is 1. The van der Waals surface area contributed by atoms with Gasteiger partial charge in [-0.2, -0.15) is 0 Å². The molecule has 166 valence electrons. The topological polar surface area (TPSA) is 53.4 Å². The fraction of sp³-hybridized carbons (Fsp3) is 0.333. The monoisotopic (exact) mass is 430 g/mol. The van der Waals surface area contributed by atoms with E-state index in [2.05, 4.69) is 28.5 Å². The van der Waals surface area contributed by atoms with Crippen molar-refractivity contribution in [1.82, 2.24) is 9.55 Å². The van der Waals surface area contributed by atoms with Gasteiger partial charge < -0.3 is 14.0 Å². The Hall–Kier alpha value is -3.52. The second-order valence-corrected chi connectivity index (χ2v) is 7.60. The van der Waals surface area contributed by atoms with Crippen molar-refractivity contribution < 1.29 is 14.3 Å². The second-order valence-electron chi connectivity index (χ2n) is 7.60. The third-order valence-corrected chi connectivity index (χ3v) is 5.25. The molecule has 0 aliphatic rings. The first-order valence-electron chi connectivity index (χ1n) is 11.1. The van der Waals surface area contributed by atoms with Crippen molar-refractivity contribution in [3.8, 4) is 29.5 Å². The number of hydrogen-bond donors (Lipinski definition) is 0. The fourth-order valence-electron chi connectivity index (χ4n) is 3.52. The van der Waals surface area contributed by atoms with E-state index in [9.17, 15) is 4.79 Å². The predicted octanol–water partition coefficient (Wildman–Crippen LogP) is 5.39. The van der Waals surface area contributed by atoms with Crippen LogP contribution in [0.4, 0.5) is 0 Å². The fourth-order valence-corrected chi connectivity index (χ4v) is 3.52. The van der Waals surface area contributed by atoms with Crippen LogP contribution in [0.25, 0.3) is 11.4 Å². The summed E-state index contributed by atoms with van der Waals surface area (Å²) >= 11 is 0. The molecule has 0 N–H and O–H groups in total. The highest BCUT2D eigenvalue weighted by molar-refractivity contribution is 5.69. The van der Waals surface area contributed by atoms with Crippen LogP contribution in [0.5, 0.6) is 5.75 Å². The lowest BCUT2D eigenvalue weighted by molar-refractivity contribution is -0.143. The molecule has 0 saturated carbocycles. The molecule has 0 saturated heterocycles. The summed E-state index contributed by atoms with van der Waals surface area (Å²) < 4.78 is 13.2. The number of benzene rings is 2. The Morgan fingerprint density at radius 3 is 2.62 bits per heavy atom. The number of rotatable bonds is 11. The van der Waals surface area contributed by atoms with Crippen molar-refractivity contribution in [1.29, 1.82) is 0 Å². The molecule has 0 aliphatic carbocycles. The third-order valence-electron chi connectivity index (χ3n) is 5.25. The molecule has 5 heteroatoms. The maximum Gasteiger partial charge on any atom is 0.305 e. The van der Waals surface area contributed by atoms with E-state index in [4.69, 9.17) is 15.9 Å². The van der Waals surface area contributed by atoms with Gasteiger partial charge in [0.25, 0.3) is 0 Å². The minimum Gasteiger partial charge on any atom is -0.493 e. The number of unbranched alkanes of at least 4 members (excludes halogenated alkanes) is 2. The average Bonchev–Trinajstić information content (AvgIpc) is 3.17. The Morgan fingerprint density at radius 1 is 1.09 bits per heavy atom. The molecule has 0 radical (unpaired) electrons. The quantitative estimate of drug-likeness (QED) is 0.232. The van der Waals surface area contributed by atoms with Crippen molar-refractivity contribution in [3.05, 3.63) is 71.5 Å². The normalized spacial score (nSPS) is 10.5. The van der Waals surface area contributed by atoms with E-state index in [1.807, 2.05) is 55.6 Å². The Labute approximate surface area is 190 Å². The molecule has 0 fully saturated rings. The zero-order chi connectivity index (χ0) is 22.8. The molecule has 3 aromatic rings. The number of ether oxygens (including phenoxy) is 2. The number of carbonyl (C=O) groups is 1. The van der Waals surface area contributed by atoms with Gasteiger partial charge in [-0.1, -0.05) is 36.3 Å². The molecular weight excluding hydrogens is 400 g/mol. The average molecular weight is 431 g/mol. The van der Waals surface area contributed by atoms with E-state index in [0.717, 1.165) is 53.2 Å². The van der Waals surface area contributed by atoms with E-state index in [1.54, 1.807) is 0 Å². The zero-order valence-corrected chi connectivity index (χ0v) is 18.8. The van der Waals surface area contributed by atoms with Crippen LogP contribution in [0.15, 0.2) is 54.7 Å². The lowest BCUT2D eigenvalue weighted by Gasteiger charge is -2.15. The third kappa shape index (κ3) is 6.24. The maximum absolute atomic E-state index is 11.4. The van der Waals surface area contributed by atoms with E-state index in [0.29, 0.717) is 26.2 Å². The van der Waals surface area contributed by atoms with E-state index >= 15 is 0 Å². The summed E-state index contributed by atoms with van der Waals surface area (Å²) in [6, 6.07) is 16.0. The lowest BCUT2D eigenvalue weighted by Crippen LogP contribution is -2.07. The smallest absolute Gasteiger partial charge is 0.305 e. The number of aryl methyl sites for hydroxylation is 1. The van der Waals surface area contributed by atoms with Crippen molar-refractivity contribution in [2.45, 2.75) is 46.1 Å². The Balaban J connectivity index is 1.62. The van der Waals surface area contributed by atoms with Gasteiger partial charge in [-0.3, -0.25) is 4.79 Å². The highest BCUT2D eigenvalue weighted by Gasteiger charge is 2.12. The summed E-state index contributed by atoms with van der Waals surface area (Å²) in [5.41, 5.74) is 4.05. The largest absolute Gasteiger partial charge is 0.493 e. The summed E-state index contributed by atoms with van der Waals surface area (Å²) in [5, 5.41) is 0. The maximum atomic E-state index is 11.4. The van der Waals surface area contributed by atoms with Crippen molar-refractivity contribution in [2.75, 3.05) is 13.2 Å². The van der Waals surface area contributed by atoms with Gasteiger partial charge in [0.15, 0.2) is 0 Å².